The van der Waals surface area contributed by atoms with Crippen LogP contribution in [0, 0.1) is 0 Å². The molecule has 0 amide bonds. The van der Waals surface area contributed by atoms with E-state index < -0.39 is 0 Å². The maximum Gasteiger partial charge on any atom is 0.129 e. The highest BCUT2D eigenvalue weighted by Gasteiger charge is 2.15. The number of aromatic nitrogens is 1. The number of hydrogen-bond donors (Lipinski definition) is 1. The van der Waals surface area contributed by atoms with E-state index in [0.29, 0.717) is 18.9 Å². The Balaban J connectivity index is 2.77. The Morgan fingerprint density at radius 3 is 2.65 bits per heavy atom. The van der Waals surface area contributed by atoms with Gasteiger partial charge in [-0.3, -0.25) is 0 Å². The minimum absolute atomic E-state index is 0.242. The molecule has 0 aromatic carbocycles. The number of hydrogen-bond acceptors (Lipinski definition) is 5. The number of nitrogens with zero attached hydrogens (tertiary/aromatic N) is 2. The Labute approximate surface area is 103 Å². The number of anilines is 2. The predicted molar refractivity (Wildman–Crippen MR) is 69.2 cm³/mol. The van der Waals surface area contributed by atoms with Crippen molar-refractivity contribution in [3.63, 3.8) is 0 Å². The Morgan fingerprint density at radius 2 is 2.12 bits per heavy atom. The molecule has 0 aliphatic heterocycles. The fourth-order valence-corrected chi connectivity index (χ4v) is 1.65. The van der Waals surface area contributed by atoms with Crippen LogP contribution in [0.15, 0.2) is 18.3 Å². The fourth-order valence-electron chi connectivity index (χ4n) is 1.65. The van der Waals surface area contributed by atoms with E-state index in [1.165, 1.54) is 0 Å². The van der Waals surface area contributed by atoms with Crippen LogP contribution < -0.4 is 10.6 Å². The lowest BCUT2D eigenvalue weighted by molar-refractivity contribution is 0.170. The van der Waals surface area contributed by atoms with Crippen LogP contribution in [0.5, 0.6) is 0 Å². The molecule has 5 heteroatoms. The minimum atomic E-state index is 0.242. The van der Waals surface area contributed by atoms with E-state index in [1.807, 2.05) is 12.1 Å². The highest BCUT2D eigenvalue weighted by molar-refractivity contribution is 5.46. The summed E-state index contributed by atoms with van der Waals surface area (Å²) >= 11 is 0. The summed E-state index contributed by atoms with van der Waals surface area (Å²) in [5.41, 5.74) is 6.30. The molecule has 17 heavy (non-hydrogen) atoms. The molecule has 1 atom stereocenters. The van der Waals surface area contributed by atoms with Crippen LogP contribution in [-0.2, 0) is 9.47 Å². The van der Waals surface area contributed by atoms with E-state index in [1.54, 1.807) is 20.4 Å². The molecule has 96 valence electrons. The van der Waals surface area contributed by atoms with E-state index in [-0.39, 0.29) is 6.04 Å². The van der Waals surface area contributed by atoms with Crippen molar-refractivity contribution in [2.75, 3.05) is 44.6 Å². The summed E-state index contributed by atoms with van der Waals surface area (Å²) in [6, 6.07) is 4.00. The molecule has 5 nitrogen and oxygen atoms in total. The molecule has 0 fully saturated rings. The summed E-state index contributed by atoms with van der Waals surface area (Å²) in [5.74, 6) is 0.890. The van der Waals surface area contributed by atoms with Gasteiger partial charge in [0.2, 0.25) is 0 Å². The topological polar surface area (TPSA) is 60.6 Å². The second kappa shape index (κ2) is 7.09. The molecule has 0 spiro atoms. The van der Waals surface area contributed by atoms with Gasteiger partial charge < -0.3 is 20.1 Å². The smallest absolute Gasteiger partial charge is 0.129 e. The summed E-state index contributed by atoms with van der Waals surface area (Å²) in [5, 5.41) is 0. The fraction of sp³-hybridized carbons (Fsp3) is 0.583. The van der Waals surface area contributed by atoms with Gasteiger partial charge in [0, 0.05) is 20.8 Å². The second-order valence-corrected chi connectivity index (χ2v) is 3.94. The van der Waals surface area contributed by atoms with Crippen molar-refractivity contribution in [1.82, 2.24) is 4.98 Å². The summed E-state index contributed by atoms with van der Waals surface area (Å²) < 4.78 is 10.3. The third kappa shape index (κ3) is 4.20. The van der Waals surface area contributed by atoms with Crippen LogP contribution in [0.3, 0.4) is 0 Å². The van der Waals surface area contributed by atoms with Crippen LogP contribution in [0.4, 0.5) is 11.5 Å². The Kier molecular flexibility index (Phi) is 5.72. The molecule has 0 saturated heterocycles. The van der Waals surface area contributed by atoms with Gasteiger partial charge in [0.15, 0.2) is 0 Å². The van der Waals surface area contributed by atoms with Crippen molar-refractivity contribution in [3.8, 4) is 0 Å². The van der Waals surface area contributed by atoms with Gasteiger partial charge in [0.25, 0.3) is 0 Å². The van der Waals surface area contributed by atoms with Gasteiger partial charge >= 0.3 is 0 Å². The first-order valence-electron chi connectivity index (χ1n) is 5.65. The SMILES string of the molecule is COCCN(c1ccc(N)cn1)C(C)COC. The highest BCUT2D eigenvalue weighted by atomic mass is 16.5. The molecule has 1 aromatic rings. The Bertz CT molecular complexity index is 316. The average Bonchev–Trinajstić information content (AvgIpc) is 2.32. The third-order valence-corrected chi connectivity index (χ3v) is 2.54. The number of rotatable bonds is 7. The van der Waals surface area contributed by atoms with Crippen LogP contribution in [-0.4, -0.2) is 45.0 Å². The monoisotopic (exact) mass is 239 g/mol. The quantitative estimate of drug-likeness (QED) is 0.773. The first-order valence-corrected chi connectivity index (χ1v) is 5.65. The van der Waals surface area contributed by atoms with Crippen molar-refractivity contribution in [2.45, 2.75) is 13.0 Å². The van der Waals surface area contributed by atoms with Gasteiger partial charge in [0.1, 0.15) is 5.82 Å². The minimum Gasteiger partial charge on any atom is -0.397 e. The van der Waals surface area contributed by atoms with E-state index in [4.69, 9.17) is 15.2 Å². The molecule has 1 aromatic heterocycles. The molecular formula is C12H21N3O2. The normalized spacial score (nSPS) is 12.4. The van der Waals surface area contributed by atoms with E-state index in [9.17, 15) is 0 Å². The molecule has 0 saturated carbocycles. The molecule has 0 bridgehead atoms. The van der Waals surface area contributed by atoms with Gasteiger partial charge in [-0.25, -0.2) is 4.98 Å². The van der Waals surface area contributed by atoms with Crippen molar-refractivity contribution in [1.29, 1.82) is 0 Å². The standard InChI is InChI=1S/C12H21N3O2/c1-10(9-17-3)15(6-7-16-2)12-5-4-11(13)8-14-12/h4-5,8,10H,6-7,9,13H2,1-3H3. The van der Waals surface area contributed by atoms with E-state index in [0.717, 1.165) is 12.4 Å². The van der Waals surface area contributed by atoms with Crippen LogP contribution in [0.2, 0.25) is 0 Å². The second-order valence-electron chi connectivity index (χ2n) is 3.94. The maximum atomic E-state index is 5.63. The first kappa shape index (κ1) is 13.7. The molecule has 1 rings (SSSR count). The van der Waals surface area contributed by atoms with E-state index >= 15 is 0 Å². The summed E-state index contributed by atoms with van der Waals surface area (Å²) in [4.78, 5) is 6.47. The molecule has 0 aliphatic carbocycles. The maximum absolute atomic E-state index is 5.63. The lowest BCUT2D eigenvalue weighted by Gasteiger charge is -2.29. The highest BCUT2D eigenvalue weighted by Crippen LogP contribution is 2.15. The van der Waals surface area contributed by atoms with Gasteiger partial charge in [0.05, 0.1) is 31.1 Å². The van der Waals surface area contributed by atoms with Gasteiger partial charge in [-0.05, 0) is 19.1 Å². The molecule has 0 radical (unpaired) electrons. The Morgan fingerprint density at radius 1 is 1.35 bits per heavy atom. The number of nitrogens with two attached hydrogens (primary N) is 1. The molecule has 1 heterocycles. The van der Waals surface area contributed by atoms with Gasteiger partial charge in [-0.2, -0.15) is 0 Å². The lowest BCUT2D eigenvalue weighted by Crippen LogP contribution is -2.39. The van der Waals surface area contributed by atoms with Gasteiger partial charge in [-0.15, -0.1) is 0 Å². The molecule has 1 unspecified atom stereocenters. The Hall–Kier alpha value is -1.33. The largest absolute Gasteiger partial charge is 0.397 e. The summed E-state index contributed by atoms with van der Waals surface area (Å²) in [6.07, 6.45) is 1.66. The van der Waals surface area contributed by atoms with Crippen molar-refractivity contribution < 1.29 is 9.47 Å². The zero-order chi connectivity index (χ0) is 12.7. The zero-order valence-electron chi connectivity index (χ0n) is 10.7. The van der Waals surface area contributed by atoms with Crippen LogP contribution in [0.25, 0.3) is 0 Å². The van der Waals surface area contributed by atoms with Crippen LogP contribution in [0.1, 0.15) is 6.92 Å². The van der Waals surface area contributed by atoms with Crippen molar-refractivity contribution >= 4 is 11.5 Å². The predicted octanol–water partition coefficient (Wildman–Crippen LogP) is 1.15. The van der Waals surface area contributed by atoms with Crippen LogP contribution >= 0.6 is 0 Å². The number of methoxy groups -OCH3 is 2. The zero-order valence-corrected chi connectivity index (χ0v) is 10.7. The third-order valence-electron chi connectivity index (χ3n) is 2.54. The average molecular weight is 239 g/mol. The molecular weight excluding hydrogens is 218 g/mol. The van der Waals surface area contributed by atoms with E-state index in [2.05, 4.69) is 16.8 Å². The first-order chi connectivity index (χ1) is 8.19. The lowest BCUT2D eigenvalue weighted by atomic mass is 10.2. The number of pyridine rings is 1. The van der Waals surface area contributed by atoms with Gasteiger partial charge in [-0.1, -0.05) is 0 Å². The summed E-state index contributed by atoms with van der Waals surface area (Å²) in [7, 11) is 3.39. The molecule has 0 aliphatic rings. The number of ether oxygens (including phenoxy) is 2. The van der Waals surface area contributed by atoms with Crippen molar-refractivity contribution in [3.05, 3.63) is 18.3 Å². The summed E-state index contributed by atoms with van der Waals surface area (Å²) in [6.45, 7) is 4.17. The number of nitrogen functional groups attached to an aromatic ring is 1. The van der Waals surface area contributed by atoms with Crippen molar-refractivity contribution in [2.24, 2.45) is 0 Å². The molecule has 2 N–H and O–H groups in total.